The van der Waals surface area contributed by atoms with E-state index in [2.05, 4.69) is 40.5 Å². The molecule has 3 aromatic heterocycles. The summed E-state index contributed by atoms with van der Waals surface area (Å²) in [6.07, 6.45) is 5.40. The molecular weight excluding hydrogens is 304 g/mol. The Kier molecular flexibility index (Phi) is 3.37. The van der Waals surface area contributed by atoms with Gasteiger partial charge in [-0.2, -0.15) is 0 Å². The van der Waals surface area contributed by atoms with Gasteiger partial charge >= 0.3 is 0 Å². The fourth-order valence-electron chi connectivity index (χ4n) is 3.34. The Morgan fingerprint density at radius 1 is 1.29 bits per heavy atom. The monoisotopic (exact) mass is 324 g/mol. The molecule has 0 fully saturated rings. The van der Waals surface area contributed by atoms with Gasteiger partial charge in [0.1, 0.15) is 11.5 Å². The van der Waals surface area contributed by atoms with Crippen molar-refractivity contribution in [1.82, 2.24) is 29.0 Å². The molecule has 4 heterocycles. The van der Waals surface area contributed by atoms with Crippen molar-refractivity contribution in [3.8, 4) is 0 Å². The van der Waals surface area contributed by atoms with E-state index in [0.717, 1.165) is 17.3 Å². The van der Waals surface area contributed by atoms with Crippen LogP contribution in [-0.4, -0.2) is 41.5 Å². The largest absolute Gasteiger partial charge is 0.329 e. The molecule has 124 valence electrons. The molecule has 3 aromatic rings. The van der Waals surface area contributed by atoms with Crippen molar-refractivity contribution in [2.24, 2.45) is 0 Å². The van der Waals surface area contributed by atoms with E-state index in [0.29, 0.717) is 24.6 Å². The van der Waals surface area contributed by atoms with Crippen LogP contribution in [0, 0.1) is 0 Å². The van der Waals surface area contributed by atoms with Crippen molar-refractivity contribution in [2.75, 3.05) is 6.54 Å². The number of fused-ring (bicyclic) bond motifs is 2. The molecule has 1 aliphatic heterocycles. The first-order valence-corrected chi connectivity index (χ1v) is 8.20. The normalized spacial score (nSPS) is 17.5. The second kappa shape index (κ2) is 5.43. The molecule has 24 heavy (non-hydrogen) atoms. The van der Waals surface area contributed by atoms with E-state index >= 15 is 0 Å². The smallest absolute Gasteiger partial charge is 0.255 e. The van der Waals surface area contributed by atoms with Gasteiger partial charge in [-0.25, -0.2) is 4.98 Å². The molecule has 7 nitrogen and oxygen atoms in total. The number of aromatic nitrogens is 5. The molecule has 0 aliphatic carbocycles. The molecule has 4 rings (SSSR count). The molecule has 0 bridgehead atoms. The standard InChI is InChI=1S/C17H20N6O/c1-11(2)16-20-19-15-10-22(8-12(3)23(15)16)17(24)13-4-5-14-18-6-7-21(14)9-13/h4-7,9,11-12H,8,10H2,1-3H3/t12-/m0/s1. The van der Waals surface area contributed by atoms with E-state index in [9.17, 15) is 4.79 Å². The van der Waals surface area contributed by atoms with Gasteiger partial charge in [-0.3, -0.25) is 4.79 Å². The molecule has 1 atom stereocenters. The highest BCUT2D eigenvalue weighted by molar-refractivity contribution is 5.94. The van der Waals surface area contributed by atoms with E-state index in [1.807, 2.05) is 33.8 Å². The molecule has 0 unspecified atom stereocenters. The van der Waals surface area contributed by atoms with Crippen LogP contribution in [0.5, 0.6) is 0 Å². The Morgan fingerprint density at radius 3 is 2.92 bits per heavy atom. The summed E-state index contributed by atoms with van der Waals surface area (Å²) in [5.74, 6) is 2.18. The summed E-state index contributed by atoms with van der Waals surface area (Å²) in [5, 5.41) is 8.61. The third kappa shape index (κ3) is 2.28. The van der Waals surface area contributed by atoms with Crippen molar-refractivity contribution in [3.63, 3.8) is 0 Å². The van der Waals surface area contributed by atoms with Gasteiger partial charge in [-0.1, -0.05) is 13.8 Å². The van der Waals surface area contributed by atoms with Gasteiger partial charge in [0.25, 0.3) is 5.91 Å². The quantitative estimate of drug-likeness (QED) is 0.725. The Hall–Kier alpha value is -2.70. The van der Waals surface area contributed by atoms with Gasteiger partial charge < -0.3 is 13.9 Å². The molecule has 7 heteroatoms. The summed E-state index contributed by atoms with van der Waals surface area (Å²) in [7, 11) is 0. The number of nitrogens with zero attached hydrogens (tertiary/aromatic N) is 6. The van der Waals surface area contributed by atoms with E-state index in [1.54, 1.807) is 6.20 Å². The number of hydrogen-bond acceptors (Lipinski definition) is 4. The van der Waals surface area contributed by atoms with E-state index < -0.39 is 0 Å². The van der Waals surface area contributed by atoms with Crippen LogP contribution >= 0.6 is 0 Å². The van der Waals surface area contributed by atoms with Crippen LogP contribution in [0.25, 0.3) is 5.65 Å². The summed E-state index contributed by atoms with van der Waals surface area (Å²) >= 11 is 0. The van der Waals surface area contributed by atoms with Crippen molar-refractivity contribution in [3.05, 3.63) is 47.9 Å². The Labute approximate surface area is 139 Å². The topological polar surface area (TPSA) is 68.3 Å². The number of amides is 1. The van der Waals surface area contributed by atoms with Crippen LogP contribution in [0.1, 0.15) is 54.7 Å². The van der Waals surface area contributed by atoms with Crippen molar-refractivity contribution in [2.45, 2.75) is 39.3 Å². The zero-order chi connectivity index (χ0) is 16.8. The molecule has 0 radical (unpaired) electrons. The lowest BCUT2D eigenvalue weighted by Crippen LogP contribution is -2.41. The van der Waals surface area contributed by atoms with Crippen molar-refractivity contribution >= 4 is 11.6 Å². The molecule has 0 N–H and O–H groups in total. The van der Waals surface area contributed by atoms with Crippen LogP contribution in [0.2, 0.25) is 0 Å². The summed E-state index contributed by atoms with van der Waals surface area (Å²) in [6, 6.07) is 3.86. The number of carbonyl (C=O) groups is 1. The third-order valence-corrected chi connectivity index (χ3v) is 4.49. The average molecular weight is 324 g/mol. The Morgan fingerprint density at radius 2 is 2.12 bits per heavy atom. The predicted molar refractivity (Wildman–Crippen MR) is 88.8 cm³/mol. The summed E-state index contributed by atoms with van der Waals surface area (Å²) in [4.78, 5) is 18.9. The summed E-state index contributed by atoms with van der Waals surface area (Å²) in [6.45, 7) is 7.48. The minimum absolute atomic E-state index is 0.0118. The number of hydrogen-bond donors (Lipinski definition) is 0. The molecular formula is C17H20N6O. The molecule has 1 amide bonds. The molecule has 0 saturated carbocycles. The molecule has 0 saturated heterocycles. The Balaban J connectivity index is 1.64. The van der Waals surface area contributed by atoms with Crippen LogP contribution in [0.3, 0.4) is 0 Å². The van der Waals surface area contributed by atoms with Crippen LogP contribution in [0.4, 0.5) is 0 Å². The SMILES string of the molecule is CC(C)c1nnc2n1[C@@H](C)CN(C(=O)c1ccc3nccn3c1)C2. The summed E-state index contributed by atoms with van der Waals surface area (Å²) in [5.41, 5.74) is 1.49. The van der Waals surface area contributed by atoms with E-state index in [4.69, 9.17) is 0 Å². The molecule has 0 spiro atoms. The van der Waals surface area contributed by atoms with Crippen molar-refractivity contribution < 1.29 is 4.79 Å². The molecule has 0 aromatic carbocycles. The highest BCUT2D eigenvalue weighted by Crippen LogP contribution is 2.26. The number of carbonyl (C=O) groups excluding carboxylic acids is 1. The maximum Gasteiger partial charge on any atom is 0.255 e. The van der Waals surface area contributed by atoms with Crippen LogP contribution in [0.15, 0.2) is 30.7 Å². The maximum atomic E-state index is 12.9. The Bertz CT molecular complexity index is 909. The van der Waals surface area contributed by atoms with Gasteiger partial charge in [0.2, 0.25) is 0 Å². The van der Waals surface area contributed by atoms with Gasteiger partial charge in [0.15, 0.2) is 5.82 Å². The lowest BCUT2D eigenvalue weighted by molar-refractivity contribution is 0.0679. The number of rotatable bonds is 2. The zero-order valence-corrected chi connectivity index (χ0v) is 14.0. The summed E-state index contributed by atoms with van der Waals surface area (Å²) < 4.78 is 4.04. The minimum atomic E-state index is 0.0118. The van der Waals surface area contributed by atoms with E-state index in [1.165, 1.54) is 0 Å². The van der Waals surface area contributed by atoms with Crippen LogP contribution < -0.4 is 0 Å². The van der Waals surface area contributed by atoms with Gasteiger partial charge in [-0.15, -0.1) is 10.2 Å². The number of imidazole rings is 1. The lowest BCUT2D eigenvalue weighted by atomic mass is 10.1. The van der Waals surface area contributed by atoms with Crippen LogP contribution in [-0.2, 0) is 6.54 Å². The fraction of sp³-hybridized carbons (Fsp3) is 0.412. The molecule has 1 aliphatic rings. The highest BCUT2D eigenvalue weighted by Gasteiger charge is 2.30. The predicted octanol–water partition coefficient (Wildman–Crippen LogP) is 2.27. The minimum Gasteiger partial charge on any atom is -0.329 e. The second-order valence-electron chi connectivity index (χ2n) is 6.64. The fourth-order valence-corrected chi connectivity index (χ4v) is 3.34. The lowest BCUT2D eigenvalue weighted by Gasteiger charge is -2.33. The highest BCUT2D eigenvalue weighted by atomic mass is 16.2. The van der Waals surface area contributed by atoms with Crippen molar-refractivity contribution in [1.29, 1.82) is 0 Å². The first-order valence-electron chi connectivity index (χ1n) is 8.20. The first-order chi connectivity index (χ1) is 11.5. The second-order valence-corrected chi connectivity index (χ2v) is 6.64. The zero-order valence-electron chi connectivity index (χ0n) is 14.0. The average Bonchev–Trinajstić information content (AvgIpc) is 3.19. The first kappa shape index (κ1) is 14.9. The number of pyridine rings is 1. The van der Waals surface area contributed by atoms with Gasteiger partial charge in [-0.05, 0) is 19.1 Å². The van der Waals surface area contributed by atoms with E-state index in [-0.39, 0.29) is 11.9 Å². The maximum absolute atomic E-state index is 12.9. The van der Waals surface area contributed by atoms with Gasteiger partial charge in [0.05, 0.1) is 18.2 Å². The van der Waals surface area contributed by atoms with Gasteiger partial charge in [0, 0.05) is 31.1 Å². The third-order valence-electron chi connectivity index (χ3n) is 4.49.